The Bertz CT molecular complexity index is 696. The van der Waals surface area contributed by atoms with Crippen LogP contribution in [0.2, 0.25) is 0 Å². The molecule has 1 N–H and O–H groups in total. The molecule has 1 aromatic carbocycles. The van der Waals surface area contributed by atoms with Gasteiger partial charge in [0.15, 0.2) is 6.61 Å². The lowest BCUT2D eigenvalue weighted by molar-refractivity contribution is -0.148. The average molecular weight is 332 g/mol. The van der Waals surface area contributed by atoms with Crippen molar-refractivity contribution >= 4 is 34.9 Å². The fourth-order valence-electron chi connectivity index (χ4n) is 2.46. The number of fused-ring (bicyclic) bond motifs is 1. The molecule has 0 aromatic heterocycles. The third-order valence-electron chi connectivity index (χ3n) is 3.80. The summed E-state index contributed by atoms with van der Waals surface area (Å²) in [5, 5.41) is 2.75. The van der Waals surface area contributed by atoms with Crippen LogP contribution in [-0.4, -0.2) is 35.7 Å². The molecule has 1 heterocycles. The smallest absolute Gasteiger partial charge is 0.306 e. The van der Waals surface area contributed by atoms with Gasteiger partial charge in [0, 0.05) is 6.42 Å². The second-order valence-corrected chi connectivity index (χ2v) is 6.12. The third-order valence-corrected chi connectivity index (χ3v) is 3.80. The van der Waals surface area contributed by atoms with E-state index in [1.54, 1.807) is 38.1 Å². The summed E-state index contributed by atoms with van der Waals surface area (Å²) in [5.74, 6) is -1.57. The molecule has 0 spiro atoms. The Balaban J connectivity index is 2.13. The lowest BCUT2D eigenvalue weighted by Crippen LogP contribution is -2.59. The Morgan fingerprint density at radius 1 is 1.17 bits per heavy atom. The molecular formula is C17H20N2O5. The van der Waals surface area contributed by atoms with E-state index in [-0.39, 0.29) is 24.5 Å². The van der Waals surface area contributed by atoms with E-state index >= 15 is 0 Å². The lowest BCUT2D eigenvalue weighted by Gasteiger charge is -2.41. The predicted octanol–water partition coefficient (Wildman–Crippen LogP) is 1.66. The van der Waals surface area contributed by atoms with Gasteiger partial charge >= 0.3 is 5.97 Å². The first-order valence-corrected chi connectivity index (χ1v) is 7.62. The number of hydrogen-bond donors (Lipinski definition) is 1. The molecule has 0 atom stereocenters. The number of anilines is 2. The number of rotatable bonds is 5. The number of Topliss-reactive ketones (excluding diaryl/α,β-unsaturated/α-hetero) is 1. The summed E-state index contributed by atoms with van der Waals surface area (Å²) >= 11 is 0. The number of ether oxygens (including phenoxy) is 1. The van der Waals surface area contributed by atoms with Crippen molar-refractivity contribution in [2.24, 2.45) is 0 Å². The van der Waals surface area contributed by atoms with Crippen LogP contribution >= 0.6 is 0 Å². The fraction of sp³-hybridized carbons (Fsp3) is 0.412. The van der Waals surface area contributed by atoms with Gasteiger partial charge in [-0.25, -0.2) is 0 Å². The Morgan fingerprint density at radius 3 is 2.50 bits per heavy atom. The van der Waals surface area contributed by atoms with Crippen LogP contribution in [0.4, 0.5) is 11.4 Å². The zero-order valence-electron chi connectivity index (χ0n) is 13.9. The van der Waals surface area contributed by atoms with Crippen molar-refractivity contribution in [3.63, 3.8) is 0 Å². The van der Waals surface area contributed by atoms with Gasteiger partial charge in [0.1, 0.15) is 11.3 Å². The zero-order valence-corrected chi connectivity index (χ0v) is 13.9. The molecule has 1 aliphatic heterocycles. The second kappa shape index (κ2) is 6.82. The molecule has 2 rings (SSSR count). The molecule has 24 heavy (non-hydrogen) atoms. The van der Waals surface area contributed by atoms with Crippen LogP contribution in [0.1, 0.15) is 33.6 Å². The predicted molar refractivity (Wildman–Crippen MR) is 87.5 cm³/mol. The summed E-state index contributed by atoms with van der Waals surface area (Å²) < 4.78 is 4.94. The van der Waals surface area contributed by atoms with E-state index in [1.165, 1.54) is 11.8 Å². The van der Waals surface area contributed by atoms with Gasteiger partial charge in [-0.3, -0.25) is 19.3 Å². The van der Waals surface area contributed by atoms with E-state index in [9.17, 15) is 19.2 Å². The highest BCUT2D eigenvalue weighted by atomic mass is 16.5. The van der Waals surface area contributed by atoms with Crippen LogP contribution in [0, 0.1) is 0 Å². The van der Waals surface area contributed by atoms with E-state index < -0.39 is 24.0 Å². The summed E-state index contributed by atoms with van der Waals surface area (Å²) in [6.07, 6.45) is 0.0105. The average Bonchev–Trinajstić information content (AvgIpc) is 2.51. The van der Waals surface area contributed by atoms with Crippen molar-refractivity contribution in [3.05, 3.63) is 24.3 Å². The molecule has 0 saturated heterocycles. The van der Waals surface area contributed by atoms with Gasteiger partial charge in [-0.1, -0.05) is 12.1 Å². The number of benzene rings is 1. The molecule has 128 valence electrons. The van der Waals surface area contributed by atoms with Gasteiger partial charge in [0.05, 0.1) is 17.8 Å². The molecule has 0 unspecified atom stereocenters. The molecule has 0 fully saturated rings. The van der Waals surface area contributed by atoms with E-state index in [2.05, 4.69) is 5.32 Å². The first kappa shape index (κ1) is 17.7. The minimum absolute atomic E-state index is 0.0664. The summed E-state index contributed by atoms with van der Waals surface area (Å²) in [6.45, 7) is 4.13. The highest BCUT2D eigenvalue weighted by Gasteiger charge is 2.43. The van der Waals surface area contributed by atoms with E-state index in [1.807, 2.05) is 0 Å². The normalized spacial score (nSPS) is 15.3. The molecule has 2 amide bonds. The Hall–Kier alpha value is -2.70. The molecule has 7 heteroatoms. The third kappa shape index (κ3) is 3.61. The van der Waals surface area contributed by atoms with Crippen molar-refractivity contribution < 1.29 is 23.9 Å². The summed E-state index contributed by atoms with van der Waals surface area (Å²) in [6, 6.07) is 6.92. The Labute approximate surface area is 140 Å². The monoisotopic (exact) mass is 332 g/mol. The zero-order chi connectivity index (χ0) is 17.9. The van der Waals surface area contributed by atoms with Crippen LogP contribution in [0.5, 0.6) is 0 Å². The number of nitrogens with zero attached hydrogens (tertiary/aromatic N) is 1. The molecule has 0 saturated carbocycles. The molecule has 0 radical (unpaired) electrons. The van der Waals surface area contributed by atoms with Crippen molar-refractivity contribution in [1.82, 2.24) is 0 Å². The number of hydrogen-bond acceptors (Lipinski definition) is 5. The maximum Gasteiger partial charge on any atom is 0.306 e. The minimum atomic E-state index is -1.11. The van der Waals surface area contributed by atoms with Gasteiger partial charge in [0.2, 0.25) is 5.91 Å². The second-order valence-electron chi connectivity index (χ2n) is 6.12. The molecule has 7 nitrogen and oxygen atoms in total. The van der Waals surface area contributed by atoms with Crippen molar-refractivity contribution in [2.75, 3.05) is 16.8 Å². The molecule has 1 aromatic rings. The molecule has 1 aliphatic rings. The molecule has 0 bridgehead atoms. The van der Waals surface area contributed by atoms with Gasteiger partial charge < -0.3 is 14.8 Å². The van der Waals surface area contributed by atoms with Crippen LogP contribution < -0.4 is 10.2 Å². The quantitative estimate of drug-likeness (QED) is 0.828. The van der Waals surface area contributed by atoms with Gasteiger partial charge in [-0.15, -0.1) is 0 Å². The van der Waals surface area contributed by atoms with Crippen molar-refractivity contribution in [3.8, 4) is 0 Å². The van der Waals surface area contributed by atoms with E-state index in [0.29, 0.717) is 11.4 Å². The fourth-order valence-corrected chi connectivity index (χ4v) is 2.46. The number of amides is 2. The van der Waals surface area contributed by atoms with Crippen LogP contribution in [0.3, 0.4) is 0 Å². The van der Waals surface area contributed by atoms with E-state index in [4.69, 9.17) is 4.74 Å². The van der Waals surface area contributed by atoms with Gasteiger partial charge in [-0.05, 0) is 32.9 Å². The molecule has 0 aliphatic carbocycles. The topological polar surface area (TPSA) is 92.8 Å². The molecular weight excluding hydrogens is 312 g/mol. The maximum atomic E-state index is 12.6. The standard InChI is InChI=1S/C17H20N2O5/c1-11(20)8-9-15(22)24-10-14(21)19-13-7-5-4-6-12(13)18-16(23)17(19,2)3/h4-7H,8-10H2,1-3H3,(H,18,23). The summed E-state index contributed by atoms with van der Waals surface area (Å²) in [4.78, 5) is 48.6. The van der Waals surface area contributed by atoms with E-state index in [0.717, 1.165) is 0 Å². The number of carbonyl (C=O) groups excluding carboxylic acids is 4. The number of carbonyl (C=O) groups is 4. The summed E-state index contributed by atoms with van der Waals surface area (Å²) in [7, 11) is 0. The Kier molecular flexibility index (Phi) is 5.02. The van der Waals surface area contributed by atoms with Crippen molar-refractivity contribution in [2.45, 2.75) is 39.2 Å². The number of nitrogens with one attached hydrogen (secondary N) is 1. The highest BCUT2D eigenvalue weighted by Crippen LogP contribution is 2.36. The Morgan fingerprint density at radius 2 is 1.83 bits per heavy atom. The van der Waals surface area contributed by atoms with Crippen LogP contribution in [0.25, 0.3) is 0 Å². The number of esters is 1. The largest absolute Gasteiger partial charge is 0.456 e. The highest BCUT2D eigenvalue weighted by molar-refractivity contribution is 6.14. The van der Waals surface area contributed by atoms with Crippen LogP contribution in [0.15, 0.2) is 24.3 Å². The number of para-hydroxylation sites is 2. The van der Waals surface area contributed by atoms with Crippen molar-refractivity contribution in [1.29, 1.82) is 0 Å². The maximum absolute atomic E-state index is 12.6. The van der Waals surface area contributed by atoms with Crippen LogP contribution in [-0.2, 0) is 23.9 Å². The SMILES string of the molecule is CC(=O)CCC(=O)OCC(=O)N1c2ccccc2NC(=O)C1(C)C. The first-order chi connectivity index (χ1) is 11.2. The first-order valence-electron chi connectivity index (χ1n) is 7.62. The summed E-state index contributed by atoms with van der Waals surface area (Å²) in [5.41, 5.74) is -0.0398. The lowest BCUT2D eigenvalue weighted by atomic mass is 9.96. The van der Waals surface area contributed by atoms with Gasteiger partial charge in [-0.2, -0.15) is 0 Å². The number of ketones is 1. The van der Waals surface area contributed by atoms with Gasteiger partial charge in [0.25, 0.3) is 5.91 Å². The minimum Gasteiger partial charge on any atom is -0.456 e.